The Morgan fingerprint density at radius 1 is 1.04 bits per heavy atom. The summed E-state index contributed by atoms with van der Waals surface area (Å²) < 4.78 is 38.5. The normalized spacial score (nSPS) is 17.0. The lowest BCUT2D eigenvalue weighted by atomic mass is 10.1. The van der Waals surface area contributed by atoms with Crippen LogP contribution in [0.3, 0.4) is 0 Å². The molecule has 7 heteroatoms. The Morgan fingerprint density at radius 2 is 1.75 bits per heavy atom. The molecule has 1 saturated heterocycles. The van der Waals surface area contributed by atoms with Crippen molar-refractivity contribution < 1.29 is 18.0 Å². The number of amides is 1. The van der Waals surface area contributed by atoms with E-state index >= 15 is 0 Å². The minimum absolute atomic E-state index is 0.0313. The van der Waals surface area contributed by atoms with Crippen molar-refractivity contribution in [1.82, 2.24) is 0 Å². The lowest BCUT2D eigenvalue weighted by Gasteiger charge is -2.16. The van der Waals surface area contributed by atoms with Gasteiger partial charge in [-0.25, -0.2) is 0 Å². The van der Waals surface area contributed by atoms with Crippen LogP contribution in [-0.2, 0) is 11.0 Å². The third-order valence-electron chi connectivity index (χ3n) is 3.35. The SMILES string of the molecule is N=C1SC(=Cc2ccccc2)C(=O)N1c1cccc(C(F)(F)F)c1. The second-order valence-electron chi connectivity index (χ2n) is 5.02. The summed E-state index contributed by atoms with van der Waals surface area (Å²) in [4.78, 5) is 13.8. The van der Waals surface area contributed by atoms with Crippen LogP contribution >= 0.6 is 11.8 Å². The third-order valence-corrected chi connectivity index (χ3v) is 4.24. The van der Waals surface area contributed by atoms with Crippen molar-refractivity contribution in [1.29, 1.82) is 5.41 Å². The van der Waals surface area contributed by atoms with Gasteiger partial charge >= 0.3 is 6.18 Å². The number of nitrogens with zero attached hydrogens (tertiary/aromatic N) is 1. The molecule has 2 aromatic carbocycles. The minimum atomic E-state index is -4.50. The lowest BCUT2D eigenvalue weighted by Crippen LogP contribution is -2.28. The molecular formula is C17H11F3N2OS. The van der Waals surface area contributed by atoms with Gasteiger partial charge in [-0.2, -0.15) is 13.2 Å². The van der Waals surface area contributed by atoms with Crippen molar-refractivity contribution in [2.75, 3.05) is 4.90 Å². The van der Waals surface area contributed by atoms with Crippen LogP contribution in [-0.4, -0.2) is 11.1 Å². The van der Waals surface area contributed by atoms with Gasteiger partial charge in [0.25, 0.3) is 5.91 Å². The van der Waals surface area contributed by atoms with Crippen LogP contribution in [0.15, 0.2) is 59.5 Å². The summed E-state index contributed by atoms with van der Waals surface area (Å²) in [5.41, 5.74) is -0.0399. The summed E-state index contributed by atoms with van der Waals surface area (Å²) in [6, 6.07) is 13.5. The number of anilines is 1. The van der Waals surface area contributed by atoms with Gasteiger partial charge in [-0.3, -0.25) is 15.1 Å². The van der Waals surface area contributed by atoms with Crippen molar-refractivity contribution in [2.45, 2.75) is 6.18 Å². The quantitative estimate of drug-likeness (QED) is 0.795. The summed E-state index contributed by atoms with van der Waals surface area (Å²) in [6.45, 7) is 0. The van der Waals surface area contributed by atoms with Crippen LogP contribution in [0.25, 0.3) is 6.08 Å². The number of alkyl halides is 3. The van der Waals surface area contributed by atoms with Gasteiger partial charge in [0.05, 0.1) is 16.2 Å². The topological polar surface area (TPSA) is 44.2 Å². The number of carbonyl (C=O) groups is 1. The Bertz CT molecular complexity index is 831. The first-order valence-corrected chi connectivity index (χ1v) is 7.73. The largest absolute Gasteiger partial charge is 0.416 e. The number of amidine groups is 1. The molecule has 0 aliphatic carbocycles. The van der Waals surface area contributed by atoms with Gasteiger partial charge in [0.2, 0.25) is 0 Å². The lowest BCUT2D eigenvalue weighted by molar-refractivity contribution is -0.137. The number of carbonyl (C=O) groups excluding carboxylic acids is 1. The fourth-order valence-electron chi connectivity index (χ4n) is 2.24. The molecule has 122 valence electrons. The molecule has 0 radical (unpaired) electrons. The van der Waals surface area contributed by atoms with E-state index in [4.69, 9.17) is 5.41 Å². The Balaban J connectivity index is 1.94. The minimum Gasteiger partial charge on any atom is -0.278 e. The van der Waals surface area contributed by atoms with Gasteiger partial charge in [-0.15, -0.1) is 0 Å². The van der Waals surface area contributed by atoms with Crippen LogP contribution < -0.4 is 4.90 Å². The molecule has 0 bridgehead atoms. The van der Waals surface area contributed by atoms with E-state index in [0.717, 1.165) is 34.4 Å². The fraction of sp³-hybridized carbons (Fsp3) is 0.0588. The highest BCUT2D eigenvalue weighted by molar-refractivity contribution is 8.19. The van der Waals surface area contributed by atoms with Crippen LogP contribution in [0, 0.1) is 5.41 Å². The van der Waals surface area contributed by atoms with Gasteiger partial charge in [-0.1, -0.05) is 36.4 Å². The molecule has 0 atom stereocenters. The van der Waals surface area contributed by atoms with E-state index in [1.807, 2.05) is 18.2 Å². The van der Waals surface area contributed by atoms with E-state index in [0.29, 0.717) is 4.91 Å². The van der Waals surface area contributed by atoms with Crippen molar-refractivity contribution in [3.05, 3.63) is 70.6 Å². The van der Waals surface area contributed by atoms with E-state index in [1.54, 1.807) is 18.2 Å². The highest BCUT2D eigenvalue weighted by Gasteiger charge is 2.36. The molecule has 3 rings (SSSR count). The van der Waals surface area contributed by atoms with Crippen LogP contribution in [0.2, 0.25) is 0 Å². The Kier molecular flexibility index (Phi) is 4.19. The van der Waals surface area contributed by atoms with E-state index in [2.05, 4.69) is 0 Å². The number of thioether (sulfide) groups is 1. The first-order chi connectivity index (χ1) is 11.4. The molecule has 1 aliphatic rings. The average Bonchev–Trinajstić information content (AvgIpc) is 2.82. The zero-order valence-corrected chi connectivity index (χ0v) is 13.0. The molecule has 2 aromatic rings. The zero-order valence-electron chi connectivity index (χ0n) is 12.2. The maximum atomic E-state index is 12.8. The van der Waals surface area contributed by atoms with Gasteiger partial charge in [0.1, 0.15) is 0 Å². The highest BCUT2D eigenvalue weighted by Crippen LogP contribution is 2.37. The summed E-state index contributed by atoms with van der Waals surface area (Å²) in [5, 5.41) is 7.82. The summed E-state index contributed by atoms with van der Waals surface area (Å²) in [6.07, 6.45) is -2.88. The number of hydrogen-bond acceptors (Lipinski definition) is 3. The summed E-state index contributed by atoms with van der Waals surface area (Å²) in [5.74, 6) is -0.506. The van der Waals surface area contributed by atoms with E-state index in [1.165, 1.54) is 12.1 Å². The summed E-state index contributed by atoms with van der Waals surface area (Å²) >= 11 is 0.924. The Hall–Kier alpha value is -2.54. The van der Waals surface area contributed by atoms with Gasteiger partial charge in [-0.05, 0) is 41.6 Å². The van der Waals surface area contributed by atoms with Gasteiger partial charge in [0, 0.05) is 0 Å². The molecule has 0 aromatic heterocycles. The molecule has 1 amide bonds. The smallest absolute Gasteiger partial charge is 0.278 e. The molecule has 3 nitrogen and oxygen atoms in total. The number of rotatable bonds is 2. The van der Waals surface area contributed by atoms with Crippen molar-refractivity contribution in [3.63, 3.8) is 0 Å². The van der Waals surface area contributed by atoms with Crippen molar-refractivity contribution in [3.8, 4) is 0 Å². The summed E-state index contributed by atoms with van der Waals surface area (Å²) in [7, 11) is 0. The molecule has 1 fully saturated rings. The van der Waals surface area contributed by atoms with Crippen LogP contribution in [0.4, 0.5) is 18.9 Å². The predicted octanol–water partition coefficient (Wildman–Crippen LogP) is 4.76. The van der Waals surface area contributed by atoms with E-state index in [-0.39, 0.29) is 10.9 Å². The van der Waals surface area contributed by atoms with Gasteiger partial charge in [0.15, 0.2) is 5.17 Å². The number of benzene rings is 2. The molecule has 1 heterocycles. The Labute approximate surface area is 140 Å². The van der Waals surface area contributed by atoms with Crippen molar-refractivity contribution in [2.24, 2.45) is 0 Å². The number of nitrogens with one attached hydrogen (secondary N) is 1. The molecule has 0 saturated carbocycles. The molecule has 0 unspecified atom stereocenters. The zero-order chi connectivity index (χ0) is 17.3. The second-order valence-corrected chi connectivity index (χ2v) is 6.05. The highest BCUT2D eigenvalue weighted by atomic mass is 32.2. The van der Waals surface area contributed by atoms with E-state index < -0.39 is 17.6 Å². The third kappa shape index (κ3) is 3.21. The number of halogens is 3. The second kappa shape index (κ2) is 6.16. The van der Waals surface area contributed by atoms with Gasteiger partial charge < -0.3 is 0 Å². The monoisotopic (exact) mass is 348 g/mol. The first-order valence-electron chi connectivity index (χ1n) is 6.91. The fourth-order valence-corrected chi connectivity index (χ4v) is 3.11. The molecule has 24 heavy (non-hydrogen) atoms. The standard InChI is InChI=1S/C17H11F3N2OS/c18-17(19,20)12-7-4-8-13(10-12)22-15(23)14(24-16(22)21)9-11-5-2-1-3-6-11/h1-10,21H. The number of hydrogen-bond donors (Lipinski definition) is 1. The average molecular weight is 348 g/mol. The maximum Gasteiger partial charge on any atom is 0.416 e. The Morgan fingerprint density at radius 3 is 2.42 bits per heavy atom. The van der Waals surface area contributed by atoms with Crippen LogP contribution in [0.5, 0.6) is 0 Å². The molecular weight excluding hydrogens is 337 g/mol. The van der Waals surface area contributed by atoms with Crippen LogP contribution in [0.1, 0.15) is 11.1 Å². The predicted molar refractivity (Wildman–Crippen MR) is 88.7 cm³/mol. The maximum absolute atomic E-state index is 12.8. The molecule has 0 spiro atoms. The van der Waals surface area contributed by atoms with Crippen molar-refractivity contribution >= 4 is 34.6 Å². The van der Waals surface area contributed by atoms with E-state index in [9.17, 15) is 18.0 Å². The molecule has 1 N–H and O–H groups in total. The molecule has 1 aliphatic heterocycles. The first kappa shape index (κ1) is 16.3.